The molecule has 10 heteroatoms. The van der Waals surface area contributed by atoms with Gasteiger partial charge in [0.2, 0.25) is 0 Å². The number of nitrogens with zero attached hydrogens (tertiary/aromatic N) is 3. The van der Waals surface area contributed by atoms with Gasteiger partial charge in [0.1, 0.15) is 5.56 Å². The molecule has 0 saturated carbocycles. The molecule has 21 heavy (non-hydrogen) atoms. The van der Waals surface area contributed by atoms with Crippen molar-refractivity contribution in [3.05, 3.63) is 39.7 Å². The number of esters is 1. The molecular weight excluding hydrogens is 292 g/mol. The first-order chi connectivity index (χ1) is 9.93. The van der Waals surface area contributed by atoms with Gasteiger partial charge in [0.05, 0.1) is 17.6 Å². The Morgan fingerprint density at radius 1 is 1.43 bits per heavy atom. The average Bonchev–Trinajstić information content (AvgIpc) is 2.91. The van der Waals surface area contributed by atoms with Gasteiger partial charge in [0.15, 0.2) is 11.6 Å². The molecule has 0 bridgehead atoms. The predicted molar refractivity (Wildman–Crippen MR) is 62.3 cm³/mol. The second-order valence-electron chi connectivity index (χ2n) is 3.68. The summed E-state index contributed by atoms with van der Waals surface area (Å²) in [5.41, 5.74) is -1.21. The number of hydrogen-bond acceptors (Lipinski definition) is 7. The van der Waals surface area contributed by atoms with Crippen LogP contribution in [0.15, 0.2) is 16.7 Å². The molecule has 0 atom stereocenters. The molecule has 0 aliphatic rings. The van der Waals surface area contributed by atoms with Gasteiger partial charge in [-0.05, 0) is 18.1 Å². The van der Waals surface area contributed by atoms with Crippen LogP contribution in [0.4, 0.5) is 14.5 Å². The zero-order chi connectivity index (χ0) is 15.6. The molecule has 8 nitrogen and oxygen atoms in total. The number of carbonyl (C=O) groups is 1. The monoisotopic (exact) mass is 299 g/mol. The van der Waals surface area contributed by atoms with Crippen LogP contribution in [0.2, 0.25) is 0 Å². The van der Waals surface area contributed by atoms with Crippen molar-refractivity contribution < 1.29 is 27.8 Å². The number of ether oxygens (including phenoxy) is 1. The summed E-state index contributed by atoms with van der Waals surface area (Å²) in [7, 11) is 0. The summed E-state index contributed by atoms with van der Waals surface area (Å²) in [5, 5.41) is 14.1. The lowest BCUT2D eigenvalue weighted by molar-refractivity contribution is -0.384. The number of rotatable bonds is 4. The Bertz CT molecular complexity index is 716. The summed E-state index contributed by atoms with van der Waals surface area (Å²) in [6.45, 7) is 1.62. The zero-order valence-corrected chi connectivity index (χ0v) is 10.5. The first-order valence-electron chi connectivity index (χ1n) is 5.58. The molecule has 0 saturated heterocycles. The van der Waals surface area contributed by atoms with E-state index in [4.69, 9.17) is 0 Å². The number of aromatic nitrogens is 2. The van der Waals surface area contributed by atoms with Crippen molar-refractivity contribution in [1.29, 1.82) is 0 Å². The van der Waals surface area contributed by atoms with E-state index in [-0.39, 0.29) is 6.61 Å². The third kappa shape index (κ3) is 2.83. The fraction of sp³-hybridized carbons (Fsp3) is 0.182. The van der Waals surface area contributed by atoms with Crippen molar-refractivity contribution in [3.8, 4) is 11.5 Å². The van der Waals surface area contributed by atoms with Crippen LogP contribution >= 0.6 is 0 Å². The van der Waals surface area contributed by atoms with E-state index in [0.717, 1.165) is 0 Å². The first-order valence-corrected chi connectivity index (χ1v) is 5.58. The zero-order valence-electron chi connectivity index (χ0n) is 10.5. The summed E-state index contributed by atoms with van der Waals surface area (Å²) in [5.74, 6) is -4.60. The van der Waals surface area contributed by atoms with E-state index in [9.17, 15) is 23.7 Å². The largest absolute Gasteiger partial charge is 0.460 e. The van der Waals surface area contributed by atoms with Gasteiger partial charge in [-0.1, -0.05) is 0 Å². The van der Waals surface area contributed by atoms with Crippen molar-refractivity contribution in [2.45, 2.75) is 6.92 Å². The number of nitro groups is 1. The van der Waals surface area contributed by atoms with Crippen molar-refractivity contribution >= 4 is 11.7 Å². The Morgan fingerprint density at radius 3 is 2.71 bits per heavy atom. The smallest absolute Gasteiger partial charge is 0.379 e. The SMILES string of the molecule is CCOC(=O)c1noc(-c2cc(F)c(F)cc2[N+](=O)[O-])n1. The highest BCUT2D eigenvalue weighted by Gasteiger charge is 2.25. The Balaban J connectivity index is 2.49. The molecule has 0 aliphatic carbocycles. The lowest BCUT2D eigenvalue weighted by atomic mass is 10.1. The summed E-state index contributed by atoms with van der Waals surface area (Å²) in [4.78, 5) is 24.8. The molecule has 0 unspecified atom stereocenters. The average molecular weight is 299 g/mol. The van der Waals surface area contributed by atoms with Crippen LogP contribution in [0.5, 0.6) is 0 Å². The molecule has 0 N–H and O–H groups in total. The standard InChI is InChI=1S/C11H7F2N3O5/c1-2-20-11(17)9-14-10(21-15-9)5-3-6(12)7(13)4-8(5)16(18)19/h3-4H,2H2,1H3. The van der Waals surface area contributed by atoms with Gasteiger partial charge < -0.3 is 9.26 Å². The lowest BCUT2D eigenvalue weighted by Crippen LogP contribution is -2.06. The van der Waals surface area contributed by atoms with E-state index in [1.807, 2.05) is 0 Å². The second kappa shape index (κ2) is 5.61. The Labute approximate surface area is 115 Å². The minimum atomic E-state index is -1.39. The fourth-order valence-corrected chi connectivity index (χ4v) is 1.47. The summed E-state index contributed by atoms with van der Waals surface area (Å²) >= 11 is 0. The van der Waals surface area contributed by atoms with Crippen molar-refractivity contribution in [2.75, 3.05) is 6.61 Å². The fourth-order valence-electron chi connectivity index (χ4n) is 1.47. The number of halogens is 2. The molecule has 0 amide bonds. The van der Waals surface area contributed by atoms with Gasteiger partial charge in [0, 0.05) is 0 Å². The molecule has 1 aromatic heterocycles. The van der Waals surface area contributed by atoms with Crippen molar-refractivity contribution in [3.63, 3.8) is 0 Å². The maximum atomic E-state index is 13.2. The molecular formula is C11H7F2N3O5. The Hall–Kier alpha value is -2.91. The van der Waals surface area contributed by atoms with Gasteiger partial charge in [-0.2, -0.15) is 4.98 Å². The predicted octanol–water partition coefficient (Wildman–Crippen LogP) is 2.10. The van der Waals surface area contributed by atoms with E-state index in [1.54, 1.807) is 6.92 Å². The molecule has 0 aliphatic heterocycles. The quantitative estimate of drug-likeness (QED) is 0.483. The van der Waals surface area contributed by atoms with Crippen LogP contribution in [0.25, 0.3) is 11.5 Å². The van der Waals surface area contributed by atoms with Gasteiger partial charge in [-0.3, -0.25) is 10.1 Å². The van der Waals surface area contributed by atoms with E-state index in [1.165, 1.54) is 0 Å². The highest BCUT2D eigenvalue weighted by molar-refractivity contribution is 5.85. The van der Waals surface area contributed by atoms with Crippen molar-refractivity contribution in [2.24, 2.45) is 0 Å². The van der Waals surface area contributed by atoms with Gasteiger partial charge in [-0.15, -0.1) is 0 Å². The molecule has 1 heterocycles. The molecule has 2 rings (SSSR count). The molecule has 1 aromatic carbocycles. The van der Waals surface area contributed by atoms with Crippen LogP contribution in [0, 0.1) is 21.7 Å². The van der Waals surface area contributed by atoms with Crippen LogP contribution < -0.4 is 0 Å². The van der Waals surface area contributed by atoms with Gasteiger partial charge >= 0.3 is 5.97 Å². The summed E-state index contributed by atoms with van der Waals surface area (Å²) in [6.07, 6.45) is 0. The molecule has 0 spiro atoms. The lowest BCUT2D eigenvalue weighted by Gasteiger charge is -1.99. The van der Waals surface area contributed by atoms with E-state index in [0.29, 0.717) is 12.1 Å². The maximum absolute atomic E-state index is 13.2. The van der Waals surface area contributed by atoms with Crippen molar-refractivity contribution in [1.82, 2.24) is 10.1 Å². The van der Waals surface area contributed by atoms with Crippen LogP contribution in [-0.2, 0) is 4.74 Å². The number of benzene rings is 1. The van der Waals surface area contributed by atoms with E-state index >= 15 is 0 Å². The minimum Gasteiger partial charge on any atom is -0.460 e. The van der Waals surface area contributed by atoms with Crippen LogP contribution in [-0.4, -0.2) is 27.6 Å². The number of nitro benzene ring substituents is 1. The number of hydrogen-bond donors (Lipinski definition) is 0. The Kier molecular flexibility index (Phi) is 3.87. The maximum Gasteiger partial charge on any atom is 0.379 e. The molecule has 0 radical (unpaired) electrons. The third-order valence-electron chi connectivity index (χ3n) is 2.35. The van der Waals surface area contributed by atoms with E-state index in [2.05, 4.69) is 19.4 Å². The normalized spacial score (nSPS) is 10.4. The van der Waals surface area contributed by atoms with Gasteiger partial charge in [-0.25, -0.2) is 13.6 Å². The highest BCUT2D eigenvalue weighted by Crippen LogP contribution is 2.30. The van der Waals surface area contributed by atoms with Crippen LogP contribution in [0.1, 0.15) is 17.5 Å². The number of carbonyl (C=O) groups excluding carboxylic acids is 1. The molecule has 0 fully saturated rings. The summed E-state index contributed by atoms with van der Waals surface area (Å²) in [6, 6.07) is 0.925. The van der Waals surface area contributed by atoms with E-state index < -0.39 is 45.5 Å². The molecule has 110 valence electrons. The Morgan fingerprint density at radius 2 is 2.10 bits per heavy atom. The second-order valence-corrected chi connectivity index (χ2v) is 3.68. The highest BCUT2D eigenvalue weighted by atomic mass is 19.2. The third-order valence-corrected chi connectivity index (χ3v) is 2.35. The van der Waals surface area contributed by atoms with Crippen LogP contribution in [0.3, 0.4) is 0 Å². The summed E-state index contributed by atoms with van der Waals surface area (Å²) < 4.78 is 35.5. The minimum absolute atomic E-state index is 0.0635. The molecule has 2 aromatic rings. The first kappa shape index (κ1) is 14.5. The topological polar surface area (TPSA) is 108 Å². The van der Waals surface area contributed by atoms with Gasteiger partial charge in [0.25, 0.3) is 17.4 Å².